The molecule has 1 heterocycles. The van der Waals surface area contributed by atoms with Crippen molar-refractivity contribution < 1.29 is 33.0 Å². The maximum absolute atomic E-state index is 12.2. The molecule has 0 unspecified atom stereocenters. The van der Waals surface area contributed by atoms with Gasteiger partial charge in [0.2, 0.25) is 5.76 Å². The Bertz CT molecular complexity index is 1050. The summed E-state index contributed by atoms with van der Waals surface area (Å²) in [5.74, 6) is -0.951. The lowest BCUT2D eigenvalue weighted by Gasteiger charge is -2.08. The van der Waals surface area contributed by atoms with Crippen LogP contribution in [-0.2, 0) is 20.9 Å². The molecule has 0 spiro atoms. The Kier molecular flexibility index (Phi) is 6.29. The van der Waals surface area contributed by atoms with Gasteiger partial charge in [0.15, 0.2) is 12.4 Å². The first-order valence-corrected chi connectivity index (χ1v) is 9.06. The minimum absolute atomic E-state index is 0.0101. The summed E-state index contributed by atoms with van der Waals surface area (Å²) in [6.45, 7) is 2.83. The van der Waals surface area contributed by atoms with Crippen LogP contribution in [0.2, 0.25) is 0 Å². The normalized spacial score (nSPS) is 10.6. The quantitative estimate of drug-likeness (QED) is 0.421. The van der Waals surface area contributed by atoms with Crippen LogP contribution in [-0.4, -0.2) is 30.9 Å². The van der Waals surface area contributed by atoms with Gasteiger partial charge in [-0.05, 0) is 32.0 Å². The van der Waals surface area contributed by atoms with Crippen molar-refractivity contribution in [2.45, 2.75) is 20.5 Å². The van der Waals surface area contributed by atoms with Crippen LogP contribution in [0, 0.1) is 0 Å². The second-order valence-corrected chi connectivity index (χ2v) is 6.16. The molecular weight excluding hydrogens is 376 g/mol. The molecule has 0 radical (unpaired) electrons. The third-order valence-corrected chi connectivity index (χ3v) is 4.13. The summed E-state index contributed by atoms with van der Waals surface area (Å²) < 4.78 is 21.3. The van der Waals surface area contributed by atoms with Gasteiger partial charge in [0.05, 0.1) is 12.2 Å². The van der Waals surface area contributed by atoms with E-state index in [0.29, 0.717) is 27.8 Å². The van der Waals surface area contributed by atoms with Crippen LogP contribution in [0.1, 0.15) is 40.3 Å². The number of hydrogen-bond donors (Lipinski definition) is 0. The number of furan rings is 1. The van der Waals surface area contributed by atoms with Crippen LogP contribution in [0.15, 0.2) is 52.9 Å². The van der Waals surface area contributed by atoms with E-state index in [4.69, 9.17) is 18.6 Å². The summed E-state index contributed by atoms with van der Waals surface area (Å²) in [6, 6.07) is 13.6. The van der Waals surface area contributed by atoms with E-state index in [9.17, 15) is 14.4 Å². The topological polar surface area (TPSA) is 92.0 Å². The third kappa shape index (κ3) is 4.82. The number of benzene rings is 2. The smallest absolute Gasteiger partial charge is 0.374 e. The highest BCUT2D eigenvalue weighted by molar-refractivity contribution is 5.96. The van der Waals surface area contributed by atoms with E-state index in [1.165, 1.54) is 6.92 Å². The Morgan fingerprint density at radius 1 is 1.00 bits per heavy atom. The van der Waals surface area contributed by atoms with Crippen molar-refractivity contribution in [3.05, 3.63) is 65.4 Å². The lowest BCUT2D eigenvalue weighted by Crippen LogP contribution is -2.16. The second-order valence-electron chi connectivity index (χ2n) is 6.16. The molecule has 0 amide bonds. The highest BCUT2D eigenvalue weighted by Crippen LogP contribution is 2.27. The SMILES string of the molecule is CCOC(=O)c1oc2ccccc2c1COC(=O)COc1cccc(C(C)=O)c1. The van der Waals surface area contributed by atoms with Gasteiger partial charge < -0.3 is 18.6 Å². The van der Waals surface area contributed by atoms with Gasteiger partial charge in [0, 0.05) is 10.9 Å². The van der Waals surface area contributed by atoms with Gasteiger partial charge in [-0.25, -0.2) is 9.59 Å². The van der Waals surface area contributed by atoms with E-state index in [1.807, 2.05) is 0 Å². The molecule has 0 atom stereocenters. The van der Waals surface area contributed by atoms with Crippen LogP contribution >= 0.6 is 0 Å². The third-order valence-electron chi connectivity index (χ3n) is 4.13. The van der Waals surface area contributed by atoms with Gasteiger partial charge in [-0.1, -0.05) is 30.3 Å². The van der Waals surface area contributed by atoms with E-state index in [2.05, 4.69) is 0 Å². The number of Topliss-reactive ketones (excluding diaryl/α,β-unsaturated/α-hetero) is 1. The van der Waals surface area contributed by atoms with Crippen molar-refractivity contribution in [3.63, 3.8) is 0 Å². The fraction of sp³-hybridized carbons (Fsp3) is 0.227. The molecule has 2 aromatic carbocycles. The molecule has 0 saturated carbocycles. The summed E-state index contributed by atoms with van der Waals surface area (Å²) in [4.78, 5) is 35.7. The van der Waals surface area contributed by atoms with Crippen molar-refractivity contribution >= 4 is 28.7 Å². The van der Waals surface area contributed by atoms with Gasteiger partial charge in [-0.2, -0.15) is 0 Å². The fourth-order valence-electron chi connectivity index (χ4n) is 2.75. The highest BCUT2D eigenvalue weighted by Gasteiger charge is 2.22. The van der Waals surface area contributed by atoms with Crippen LogP contribution in [0.4, 0.5) is 0 Å². The number of ketones is 1. The lowest BCUT2D eigenvalue weighted by atomic mass is 10.1. The zero-order valence-electron chi connectivity index (χ0n) is 16.1. The molecule has 29 heavy (non-hydrogen) atoms. The fourth-order valence-corrected chi connectivity index (χ4v) is 2.75. The van der Waals surface area contributed by atoms with Crippen LogP contribution in [0.3, 0.4) is 0 Å². The van der Waals surface area contributed by atoms with Crippen molar-refractivity contribution in [3.8, 4) is 5.75 Å². The highest BCUT2D eigenvalue weighted by atomic mass is 16.6. The molecule has 7 heteroatoms. The number of rotatable bonds is 8. The molecule has 7 nitrogen and oxygen atoms in total. The number of para-hydroxylation sites is 1. The largest absolute Gasteiger partial charge is 0.482 e. The number of ether oxygens (including phenoxy) is 3. The average Bonchev–Trinajstić information content (AvgIpc) is 3.10. The zero-order chi connectivity index (χ0) is 20.8. The number of carbonyl (C=O) groups excluding carboxylic acids is 3. The van der Waals surface area contributed by atoms with E-state index in [1.54, 1.807) is 55.5 Å². The average molecular weight is 396 g/mol. The van der Waals surface area contributed by atoms with Crippen molar-refractivity contribution in [2.24, 2.45) is 0 Å². The minimum atomic E-state index is -0.627. The first kappa shape index (κ1) is 20.1. The van der Waals surface area contributed by atoms with E-state index in [0.717, 1.165) is 0 Å². The predicted octanol–water partition coefficient (Wildman–Crippen LogP) is 3.93. The molecule has 0 aliphatic carbocycles. The zero-order valence-corrected chi connectivity index (χ0v) is 16.1. The Hall–Kier alpha value is -3.61. The summed E-state index contributed by atoms with van der Waals surface area (Å²) >= 11 is 0. The summed E-state index contributed by atoms with van der Waals surface area (Å²) in [7, 11) is 0. The Morgan fingerprint density at radius 2 is 1.79 bits per heavy atom. The maximum atomic E-state index is 12.2. The van der Waals surface area contributed by atoms with Crippen molar-refractivity contribution in [1.29, 1.82) is 0 Å². The first-order chi connectivity index (χ1) is 14.0. The molecule has 0 fully saturated rings. The number of carbonyl (C=O) groups is 3. The number of fused-ring (bicyclic) bond motifs is 1. The summed E-state index contributed by atoms with van der Waals surface area (Å²) in [5, 5.41) is 0.665. The molecular formula is C22H20O7. The maximum Gasteiger partial charge on any atom is 0.374 e. The van der Waals surface area contributed by atoms with Gasteiger partial charge >= 0.3 is 11.9 Å². The van der Waals surface area contributed by atoms with E-state index < -0.39 is 11.9 Å². The molecule has 0 aliphatic rings. The molecule has 0 saturated heterocycles. The standard InChI is InChI=1S/C22H20O7/c1-3-26-22(25)21-18(17-9-4-5-10-19(17)29-21)12-28-20(24)13-27-16-8-6-7-15(11-16)14(2)23/h4-11H,3,12-13H2,1-2H3. The molecule has 3 aromatic rings. The van der Waals surface area contributed by atoms with Gasteiger partial charge in [-0.3, -0.25) is 4.79 Å². The minimum Gasteiger partial charge on any atom is -0.482 e. The Balaban J connectivity index is 1.67. The van der Waals surface area contributed by atoms with Crippen LogP contribution in [0.25, 0.3) is 11.0 Å². The Morgan fingerprint density at radius 3 is 2.55 bits per heavy atom. The second kappa shape index (κ2) is 9.05. The van der Waals surface area contributed by atoms with E-state index >= 15 is 0 Å². The molecule has 0 aliphatic heterocycles. The Labute approximate surface area is 167 Å². The van der Waals surface area contributed by atoms with Crippen molar-refractivity contribution in [1.82, 2.24) is 0 Å². The van der Waals surface area contributed by atoms with E-state index in [-0.39, 0.29) is 31.4 Å². The summed E-state index contributed by atoms with van der Waals surface area (Å²) in [6.07, 6.45) is 0. The summed E-state index contributed by atoms with van der Waals surface area (Å²) in [5.41, 5.74) is 1.42. The molecule has 0 bridgehead atoms. The predicted molar refractivity (Wildman–Crippen MR) is 104 cm³/mol. The lowest BCUT2D eigenvalue weighted by molar-refractivity contribution is -0.147. The van der Waals surface area contributed by atoms with Gasteiger partial charge in [-0.15, -0.1) is 0 Å². The molecule has 1 aromatic heterocycles. The van der Waals surface area contributed by atoms with Gasteiger partial charge in [0.25, 0.3) is 0 Å². The van der Waals surface area contributed by atoms with Crippen molar-refractivity contribution in [2.75, 3.05) is 13.2 Å². The van der Waals surface area contributed by atoms with Crippen LogP contribution < -0.4 is 4.74 Å². The van der Waals surface area contributed by atoms with Gasteiger partial charge in [0.1, 0.15) is 17.9 Å². The first-order valence-electron chi connectivity index (χ1n) is 9.06. The molecule has 0 N–H and O–H groups in total. The number of esters is 2. The monoisotopic (exact) mass is 396 g/mol. The van der Waals surface area contributed by atoms with Crippen LogP contribution in [0.5, 0.6) is 5.75 Å². The molecule has 3 rings (SSSR count). The molecule has 150 valence electrons. The number of hydrogen-bond acceptors (Lipinski definition) is 7.